The molecule has 0 radical (unpaired) electrons. The first-order chi connectivity index (χ1) is 10.7. The molecule has 3 rings (SSSR count). The molecular formula is C16H19N3O3. The molecule has 1 atom stereocenters. The van der Waals surface area contributed by atoms with E-state index in [9.17, 15) is 4.79 Å². The summed E-state index contributed by atoms with van der Waals surface area (Å²) in [5, 5.41) is 3.04. The van der Waals surface area contributed by atoms with Gasteiger partial charge in [-0.3, -0.25) is 9.69 Å². The fraction of sp³-hybridized carbons (Fsp3) is 0.375. The van der Waals surface area contributed by atoms with Gasteiger partial charge in [0.15, 0.2) is 0 Å². The van der Waals surface area contributed by atoms with E-state index in [0.29, 0.717) is 11.4 Å². The Labute approximate surface area is 129 Å². The molecule has 1 aliphatic heterocycles. The van der Waals surface area contributed by atoms with Crippen LogP contribution in [0.4, 0.5) is 0 Å². The third-order valence-corrected chi connectivity index (χ3v) is 3.80. The van der Waals surface area contributed by atoms with Crippen LogP contribution in [0.1, 0.15) is 22.3 Å². The highest BCUT2D eigenvalue weighted by Gasteiger charge is 2.24. The molecule has 1 N–H and O–H groups in total. The van der Waals surface area contributed by atoms with Crippen molar-refractivity contribution in [3.63, 3.8) is 0 Å². The molecule has 0 unspecified atom stereocenters. The van der Waals surface area contributed by atoms with Crippen LogP contribution in [0.25, 0.3) is 0 Å². The third-order valence-electron chi connectivity index (χ3n) is 3.80. The van der Waals surface area contributed by atoms with Crippen molar-refractivity contribution in [3.8, 4) is 5.88 Å². The summed E-state index contributed by atoms with van der Waals surface area (Å²) in [4.78, 5) is 18.5. The number of methoxy groups -OCH3 is 1. The first-order valence-electron chi connectivity index (χ1n) is 7.29. The number of hydrogen-bond donors (Lipinski definition) is 1. The van der Waals surface area contributed by atoms with Gasteiger partial charge in [0.25, 0.3) is 5.91 Å². The number of amides is 1. The van der Waals surface area contributed by atoms with E-state index in [-0.39, 0.29) is 11.9 Å². The van der Waals surface area contributed by atoms with E-state index in [4.69, 9.17) is 9.15 Å². The molecule has 0 bridgehead atoms. The summed E-state index contributed by atoms with van der Waals surface area (Å²) in [6.45, 7) is 2.63. The minimum absolute atomic E-state index is 0.0771. The second kappa shape index (κ2) is 6.62. The van der Waals surface area contributed by atoms with Crippen LogP contribution in [-0.2, 0) is 6.54 Å². The number of nitrogens with zero attached hydrogens (tertiary/aromatic N) is 2. The van der Waals surface area contributed by atoms with Gasteiger partial charge in [-0.05, 0) is 18.1 Å². The van der Waals surface area contributed by atoms with Crippen molar-refractivity contribution >= 4 is 5.91 Å². The van der Waals surface area contributed by atoms with Gasteiger partial charge in [-0.25, -0.2) is 4.98 Å². The molecule has 2 aromatic heterocycles. The Morgan fingerprint density at radius 2 is 2.41 bits per heavy atom. The van der Waals surface area contributed by atoms with Gasteiger partial charge in [-0.2, -0.15) is 0 Å². The lowest BCUT2D eigenvalue weighted by Gasteiger charge is -2.16. The second-order valence-electron chi connectivity index (χ2n) is 5.42. The fourth-order valence-electron chi connectivity index (χ4n) is 2.64. The average Bonchev–Trinajstić information content (AvgIpc) is 3.20. The number of hydrogen-bond acceptors (Lipinski definition) is 5. The number of aromatic nitrogens is 1. The maximum Gasteiger partial charge on any atom is 0.254 e. The molecule has 0 spiro atoms. The molecule has 1 saturated heterocycles. The summed E-state index contributed by atoms with van der Waals surface area (Å²) in [5.74, 6) is 0.544. The van der Waals surface area contributed by atoms with Crippen molar-refractivity contribution in [3.05, 3.63) is 48.0 Å². The Bertz CT molecular complexity index is 610. The highest BCUT2D eigenvalue weighted by Crippen LogP contribution is 2.15. The zero-order valence-corrected chi connectivity index (χ0v) is 12.5. The maximum absolute atomic E-state index is 12.0. The molecule has 1 aliphatic rings. The minimum Gasteiger partial charge on any atom is -0.481 e. The highest BCUT2D eigenvalue weighted by atomic mass is 16.5. The van der Waals surface area contributed by atoms with Gasteiger partial charge in [-0.15, -0.1) is 0 Å². The molecule has 2 aromatic rings. The lowest BCUT2D eigenvalue weighted by Crippen LogP contribution is -2.36. The van der Waals surface area contributed by atoms with E-state index in [2.05, 4.69) is 15.2 Å². The topological polar surface area (TPSA) is 67.6 Å². The zero-order chi connectivity index (χ0) is 15.4. The number of rotatable bonds is 5. The first-order valence-corrected chi connectivity index (χ1v) is 7.29. The van der Waals surface area contributed by atoms with Gasteiger partial charge >= 0.3 is 0 Å². The highest BCUT2D eigenvalue weighted by molar-refractivity contribution is 5.93. The van der Waals surface area contributed by atoms with Crippen LogP contribution in [0.15, 0.2) is 41.3 Å². The van der Waals surface area contributed by atoms with E-state index in [1.165, 1.54) is 12.5 Å². The smallest absolute Gasteiger partial charge is 0.254 e. The summed E-state index contributed by atoms with van der Waals surface area (Å²) in [6, 6.07) is 5.73. The maximum atomic E-state index is 12.0. The standard InChI is InChI=1S/C16H19N3O3/c1-21-15-3-2-12(8-17-15)9-19-6-4-14(10-19)18-16(20)13-5-7-22-11-13/h2-3,5,7-8,11,14H,4,6,9-10H2,1H3,(H,18,20)/t14-/m1/s1. The van der Waals surface area contributed by atoms with Crippen LogP contribution in [-0.4, -0.2) is 42.0 Å². The van der Waals surface area contributed by atoms with E-state index < -0.39 is 0 Å². The van der Waals surface area contributed by atoms with Crippen LogP contribution >= 0.6 is 0 Å². The molecule has 6 heteroatoms. The molecule has 116 valence electrons. The van der Waals surface area contributed by atoms with Gasteiger partial charge < -0.3 is 14.5 Å². The SMILES string of the molecule is COc1ccc(CN2CC[C@@H](NC(=O)c3ccoc3)C2)cn1. The normalized spacial score (nSPS) is 18.3. The van der Waals surface area contributed by atoms with E-state index in [0.717, 1.165) is 31.6 Å². The quantitative estimate of drug-likeness (QED) is 0.910. The Morgan fingerprint density at radius 3 is 3.09 bits per heavy atom. The minimum atomic E-state index is -0.0771. The number of carbonyl (C=O) groups is 1. The third kappa shape index (κ3) is 3.46. The monoisotopic (exact) mass is 301 g/mol. The number of ether oxygens (including phenoxy) is 1. The summed E-state index contributed by atoms with van der Waals surface area (Å²) >= 11 is 0. The zero-order valence-electron chi connectivity index (χ0n) is 12.5. The first kappa shape index (κ1) is 14.6. The molecule has 3 heterocycles. The molecule has 1 amide bonds. The van der Waals surface area contributed by atoms with Crippen LogP contribution in [0.5, 0.6) is 5.88 Å². The summed E-state index contributed by atoms with van der Waals surface area (Å²) in [7, 11) is 1.61. The van der Waals surface area contributed by atoms with Crippen LogP contribution < -0.4 is 10.1 Å². The number of pyridine rings is 1. The molecule has 0 aromatic carbocycles. The molecule has 6 nitrogen and oxygen atoms in total. The van der Waals surface area contributed by atoms with Gasteiger partial charge in [0.05, 0.1) is 18.9 Å². The van der Waals surface area contributed by atoms with Crippen molar-refractivity contribution in [2.24, 2.45) is 0 Å². The molecular weight excluding hydrogens is 282 g/mol. The van der Waals surface area contributed by atoms with Gasteiger partial charge in [0, 0.05) is 37.9 Å². The second-order valence-corrected chi connectivity index (χ2v) is 5.42. The molecule has 0 aliphatic carbocycles. The van der Waals surface area contributed by atoms with Crippen molar-refractivity contribution < 1.29 is 13.9 Å². The van der Waals surface area contributed by atoms with E-state index in [1.54, 1.807) is 13.2 Å². The lowest BCUT2D eigenvalue weighted by molar-refractivity contribution is 0.0937. The Hall–Kier alpha value is -2.34. The van der Waals surface area contributed by atoms with Gasteiger partial charge in [-0.1, -0.05) is 6.07 Å². The molecule has 1 fully saturated rings. The van der Waals surface area contributed by atoms with E-state index >= 15 is 0 Å². The summed E-state index contributed by atoms with van der Waals surface area (Å²) in [5.41, 5.74) is 1.71. The van der Waals surface area contributed by atoms with Crippen molar-refractivity contribution in [2.45, 2.75) is 19.0 Å². The predicted octanol–water partition coefficient (Wildman–Crippen LogP) is 1.69. The lowest BCUT2D eigenvalue weighted by atomic mass is 10.2. The summed E-state index contributed by atoms with van der Waals surface area (Å²) < 4.78 is 9.99. The Balaban J connectivity index is 1.50. The summed E-state index contributed by atoms with van der Waals surface area (Å²) in [6.07, 6.45) is 5.75. The van der Waals surface area contributed by atoms with Crippen LogP contribution in [0.3, 0.4) is 0 Å². The van der Waals surface area contributed by atoms with Crippen LogP contribution in [0.2, 0.25) is 0 Å². The largest absolute Gasteiger partial charge is 0.481 e. The number of furan rings is 1. The Kier molecular flexibility index (Phi) is 4.39. The average molecular weight is 301 g/mol. The molecule has 0 saturated carbocycles. The van der Waals surface area contributed by atoms with Crippen molar-refractivity contribution in [1.82, 2.24) is 15.2 Å². The fourth-order valence-corrected chi connectivity index (χ4v) is 2.64. The van der Waals surface area contributed by atoms with Crippen LogP contribution in [0, 0.1) is 0 Å². The van der Waals surface area contributed by atoms with Crippen molar-refractivity contribution in [1.29, 1.82) is 0 Å². The molecule has 22 heavy (non-hydrogen) atoms. The Morgan fingerprint density at radius 1 is 1.50 bits per heavy atom. The number of nitrogens with one attached hydrogen (secondary N) is 1. The van der Waals surface area contributed by atoms with Crippen molar-refractivity contribution in [2.75, 3.05) is 20.2 Å². The van der Waals surface area contributed by atoms with Gasteiger partial charge in [0.2, 0.25) is 5.88 Å². The van der Waals surface area contributed by atoms with E-state index in [1.807, 2.05) is 18.3 Å². The van der Waals surface area contributed by atoms with Gasteiger partial charge in [0.1, 0.15) is 6.26 Å². The number of likely N-dealkylation sites (tertiary alicyclic amines) is 1. The number of carbonyl (C=O) groups excluding carboxylic acids is 1. The predicted molar refractivity (Wildman–Crippen MR) is 80.6 cm³/mol.